The molecule has 0 aromatic carbocycles. The van der Waals surface area contributed by atoms with Gasteiger partial charge in [-0.25, -0.2) is 0 Å². The molecular weight excluding hydrogens is 263 g/mol. The van der Waals surface area contributed by atoms with E-state index in [9.17, 15) is 8.42 Å². The van der Waals surface area contributed by atoms with E-state index < -0.39 is 10.1 Å². The van der Waals surface area contributed by atoms with Crippen LogP contribution in [0.1, 0.15) is 0 Å². The number of hydrogen-bond donors (Lipinski definition) is 1. The minimum atomic E-state index is -3.99. The Hall–Kier alpha value is 1.09. The van der Waals surface area contributed by atoms with E-state index in [1.165, 1.54) is 6.07 Å². The van der Waals surface area contributed by atoms with Crippen molar-refractivity contribution in [2.45, 2.75) is 4.21 Å². The van der Waals surface area contributed by atoms with Crippen LogP contribution in [-0.2, 0) is 10.1 Å². The van der Waals surface area contributed by atoms with Crippen molar-refractivity contribution in [1.82, 2.24) is 0 Å². The third-order valence-corrected chi connectivity index (χ3v) is 3.83. The summed E-state index contributed by atoms with van der Waals surface area (Å²) in [6.45, 7) is 0. The Labute approximate surface area is 99.0 Å². The average Bonchev–Trinajstić information content (AvgIpc) is 2.11. The van der Waals surface area contributed by atoms with Gasteiger partial charge < -0.3 is 0 Å². The van der Waals surface area contributed by atoms with Crippen LogP contribution in [0.5, 0.6) is 0 Å². The molecule has 1 N–H and O–H groups in total. The fourth-order valence-electron chi connectivity index (χ4n) is 0.430. The molecule has 0 saturated carbocycles. The zero-order valence-corrected chi connectivity index (χ0v) is 7.83. The first-order valence-electron chi connectivity index (χ1n) is 2.21. The monoisotopic (exact) mass is 266 g/mol. The summed E-state index contributed by atoms with van der Waals surface area (Å²) in [7, 11) is -3.99. The van der Waals surface area contributed by atoms with Gasteiger partial charge in [0.2, 0.25) is 0 Å². The second-order valence-corrected chi connectivity index (χ2v) is 5.03. The number of halogens is 1. The Balaban J connectivity index is 0.000001000. The molecule has 0 saturated heterocycles. The second kappa shape index (κ2) is 4.36. The zero-order chi connectivity index (χ0) is 7.78. The van der Waals surface area contributed by atoms with Gasteiger partial charge in [-0.3, -0.25) is 4.55 Å². The molecule has 1 rings (SSSR count). The van der Waals surface area contributed by atoms with Crippen LogP contribution in [-0.4, -0.2) is 42.5 Å². The number of thiophene rings is 1. The van der Waals surface area contributed by atoms with E-state index in [4.69, 9.17) is 4.55 Å². The van der Waals surface area contributed by atoms with Gasteiger partial charge in [-0.1, -0.05) is 0 Å². The molecule has 1 aromatic heterocycles. The van der Waals surface area contributed by atoms with Crippen LogP contribution in [0, 0.1) is 0 Å². The second-order valence-electron chi connectivity index (χ2n) is 1.56. The maximum absolute atomic E-state index is 10.4. The molecule has 0 bridgehead atoms. The SMILES string of the molecule is O=S(=O)(O)c1cc(Br)cs1.[NaH]. The van der Waals surface area contributed by atoms with E-state index in [1.807, 2.05) is 0 Å². The summed E-state index contributed by atoms with van der Waals surface area (Å²) >= 11 is 4.03. The van der Waals surface area contributed by atoms with Crippen LogP contribution >= 0.6 is 27.3 Å². The molecule has 0 amide bonds. The van der Waals surface area contributed by atoms with Crippen molar-refractivity contribution < 1.29 is 13.0 Å². The molecule has 1 heterocycles. The van der Waals surface area contributed by atoms with E-state index in [0.717, 1.165) is 11.3 Å². The van der Waals surface area contributed by atoms with Crippen LogP contribution < -0.4 is 0 Å². The van der Waals surface area contributed by atoms with Gasteiger partial charge in [0.25, 0.3) is 0 Å². The van der Waals surface area contributed by atoms with Crippen LogP contribution in [0.4, 0.5) is 0 Å². The van der Waals surface area contributed by atoms with E-state index in [1.54, 1.807) is 5.38 Å². The van der Waals surface area contributed by atoms with E-state index in [-0.39, 0.29) is 33.8 Å². The fraction of sp³-hybridized carbons (Fsp3) is 0. The quantitative estimate of drug-likeness (QED) is 0.612. The zero-order valence-electron chi connectivity index (χ0n) is 4.61. The molecule has 0 radical (unpaired) electrons. The Bertz CT molecular complexity index is 331. The van der Waals surface area contributed by atoms with E-state index in [2.05, 4.69) is 15.9 Å². The van der Waals surface area contributed by atoms with Crippen LogP contribution in [0.3, 0.4) is 0 Å². The van der Waals surface area contributed by atoms with Gasteiger partial charge in [-0.15, -0.1) is 11.3 Å². The summed E-state index contributed by atoms with van der Waals surface area (Å²) in [5.41, 5.74) is 0. The van der Waals surface area contributed by atoms with Gasteiger partial charge in [0.05, 0.1) is 0 Å². The molecule has 0 fully saturated rings. The average molecular weight is 267 g/mol. The summed E-state index contributed by atoms with van der Waals surface area (Å²) < 4.78 is 29.9. The Morgan fingerprint density at radius 3 is 2.27 bits per heavy atom. The third kappa shape index (κ3) is 3.54. The number of rotatable bonds is 1. The first-order chi connectivity index (χ1) is 4.50. The fourth-order valence-corrected chi connectivity index (χ4v) is 2.64. The first-order valence-corrected chi connectivity index (χ1v) is 5.33. The molecule has 0 aliphatic heterocycles. The topological polar surface area (TPSA) is 54.4 Å². The minimum absolute atomic E-state index is 0. The van der Waals surface area contributed by atoms with Crippen molar-refractivity contribution in [3.05, 3.63) is 15.9 Å². The molecule has 58 valence electrons. The normalized spacial score (nSPS) is 10.7. The Kier molecular flexibility index (Phi) is 4.79. The van der Waals surface area contributed by atoms with Crippen molar-refractivity contribution in [1.29, 1.82) is 0 Å². The van der Waals surface area contributed by atoms with Crippen molar-refractivity contribution >= 4 is 66.9 Å². The Morgan fingerprint density at radius 2 is 2.09 bits per heavy atom. The third-order valence-electron chi connectivity index (χ3n) is 0.798. The summed E-state index contributed by atoms with van der Waals surface area (Å²) in [5, 5.41) is 1.59. The van der Waals surface area contributed by atoms with Gasteiger partial charge in [0, 0.05) is 9.85 Å². The molecule has 0 spiro atoms. The standard InChI is InChI=1S/C4H3BrO3S2.Na.H/c5-3-1-4(9-2-3)10(6,7)8;;/h1-2H,(H,6,7,8);;. The molecule has 11 heavy (non-hydrogen) atoms. The predicted octanol–water partition coefficient (Wildman–Crippen LogP) is 1.11. The van der Waals surface area contributed by atoms with Gasteiger partial charge in [0.1, 0.15) is 4.21 Å². The predicted molar refractivity (Wildman–Crippen MR) is 49.0 cm³/mol. The van der Waals surface area contributed by atoms with Crippen molar-refractivity contribution in [2.75, 3.05) is 0 Å². The van der Waals surface area contributed by atoms with Crippen LogP contribution in [0.15, 0.2) is 20.1 Å². The first kappa shape index (κ1) is 12.1. The molecule has 0 unspecified atom stereocenters. The van der Waals surface area contributed by atoms with E-state index in [0.29, 0.717) is 4.47 Å². The maximum atomic E-state index is 10.4. The molecule has 0 aliphatic carbocycles. The van der Waals surface area contributed by atoms with Crippen LogP contribution in [0.25, 0.3) is 0 Å². The molecule has 0 atom stereocenters. The van der Waals surface area contributed by atoms with Crippen molar-refractivity contribution in [2.24, 2.45) is 0 Å². The van der Waals surface area contributed by atoms with Gasteiger partial charge in [-0.2, -0.15) is 8.42 Å². The Morgan fingerprint density at radius 1 is 1.55 bits per heavy atom. The van der Waals surface area contributed by atoms with Crippen LogP contribution in [0.2, 0.25) is 0 Å². The summed E-state index contributed by atoms with van der Waals surface area (Å²) in [4.78, 5) is 0. The molecular formula is C4H4BrNaO3S2. The molecule has 3 nitrogen and oxygen atoms in total. The summed E-state index contributed by atoms with van der Waals surface area (Å²) in [6, 6.07) is 1.35. The van der Waals surface area contributed by atoms with Gasteiger partial charge >= 0.3 is 39.7 Å². The van der Waals surface area contributed by atoms with Crippen molar-refractivity contribution in [3.8, 4) is 0 Å². The summed E-state index contributed by atoms with van der Waals surface area (Å²) in [5.74, 6) is 0. The van der Waals surface area contributed by atoms with Gasteiger partial charge in [0.15, 0.2) is 0 Å². The van der Waals surface area contributed by atoms with E-state index >= 15 is 0 Å². The molecule has 1 aromatic rings. The summed E-state index contributed by atoms with van der Waals surface area (Å²) in [6.07, 6.45) is 0. The molecule has 7 heteroatoms. The number of hydrogen-bond acceptors (Lipinski definition) is 3. The van der Waals surface area contributed by atoms with Crippen molar-refractivity contribution in [3.63, 3.8) is 0 Å². The van der Waals surface area contributed by atoms with Gasteiger partial charge in [-0.05, 0) is 22.0 Å². The molecule has 0 aliphatic rings.